The van der Waals surface area contributed by atoms with E-state index in [-0.39, 0.29) is 5.92 Å². The lowest BCUT2D eigenvalue weighted by molar-refractivity contribution is -0.250. The number of hydrogen-bond acceptors (Lipinski definition) is 0. The minimum absolute atomic E-state index is 0.0539. The van der Waals surface area contributed by atoms with Crippen LogP contribution in [0.3, 0.4) is 0 Å². The molecule has 3 saturated carbocycles. The monoisotopic (exact) mass is 336 g/mol. The number of halogens is 4. The van der Waals surface area contributed by atoms with Gasteiger partial charge in [0.1, 0.15) is 0 Å². The van der Waals surface area contributed by atoms with Crippen LogP contribution >= 0.6 is 15.9 Å². The highest BCUT2D eigenvalue weighted by atomic mass is 79.9. The van der Waals surface area contributed by atoms with Crippen LogP contribution in [0.5, 0.6) is 0 Å². The van der Waals surface area contributed by atoms with E-state index < -0.39 is 21.8 Å². The van der Waals surface area contributed by atoms with Gasteiger partial charge in [-0.3, -0.25) is 0 Å². The molecule has 2 atom stereocenters. The summed E-state index contributed by atoms with van der Waals surface area (Å²) in [6.07, 6.45) is 4.44. The highest BCUT2D eigenvalue weighted by Crippen LogP contribution is 2.67. The summed E-state index contributed by atoms with van der Waals surface area (Å²) in [5, 5.41) is 0. The number of hydrogen-bond donors (Lipinski definition) is 0. The first-order valence-corrected chi connectivity index (χ1v) is 7.98. The molecular formula is C15H20BrF3. The Bertz CT molecular complexity index is 408. The van der Waals surface area contributed by atoms with Gasteiger partial charge in [0.25, 0.3) is 5.92 Å². The zero-order valence-electron chi connectivity index (χ0n) is 11.2. The lowest BCUT2D eigenvalue weighted by Crippen LogP contribution is -2.66. The van der Waals surface area contributed by atoms with Crippen LogP contribution in [0.4, 0.5) is 13.2 Å². The minimum atomic E-state index is -3.18. The third-order valence-electron chi connectivity index (χ3n) is 5.83. The van der Waals surface area contributed by atoms with E-state index in [1.54, 1.807) is 0 Å². The normalized spacial score (nSPS) is 49.0. The summed E-state index contributed by atoms with van der Waals surface area (Å²) < 4.78 is 42.6. The Morgan fingerprint density at radius 2 is 1.84 bits per heavy atom. The van der Waals surface area contributed by atoms with Crippen LogP contribution < -0.4 is 0 Å². The molecule has 4 aliphatic rings. The summed E-state index contributed by atoms with van der Waals surface area (Å²) in [4.78, 5) is 0. The average Bonchev–Trinajstić information content (AvgIpc) is 2.38. The Morgan fingerprint density at radius 3 is 2.37 bits per heavy atom. The van der Waals surface area contributed by atoms with E-state index in [1.807, 2.05) is 0 Å². The molecule has 4 aliphatic carbocycles. The van der Waals surface area contributed by atoms with Gasteiger partial charge in [-0.1, -0.05) is 27.6 Å². The molecule has 4 rings (SSSR count). The van der Waals surface area contributed by atoms with Gasteiger partial charge >= 0.3 is 0 Å². The molecule has 0 aromatic carbocycles. The molecule has 0 aromatic heterocycles. The topological polar surface area (TPSA) is 0 Å². The van der Waals surface area contributed by atoms with Crippen LogP contribution in [0.1, 0.15) is 51.9 Å². The summed E-state index contributed by atoms with van der Waals surface area (Å²) in [6.45, 7) is 2.05. The quantitative estimate of drug-likeness (QED) is 0.443. The molecule has 0 heterocycles. The Hall–Kier alpha value is 0.01000. The van der Waals surface area contributed by atoms with Gasteiger partial charge in [-0.05, 0) is 57.8 Å². The zero-order valence-corrected chi connectivity index (χ0v) is 12.8. The molecule has 0 aliphatic heterocycles. The van der Waals surface area contributed by atoms with Crippen LogP contribution in [0.2, 0.25) is 0 Å². The lowest BCUT2D eigenvalue weighted by Gasteiger charge is -2.60. The fraction of sp³-hybridized carbons (Fsp3) is 0.867. The van der Waals surface area contributed by atoms with Gasteiger partial charge in [-0.15, -0.1) is 0 Å². The van der Waals surface area contributed by atoms with Gasteiger partial charge in [-0.2, -0.15) is 0 Å². The number of alkyl halides is 4. The van der Waals surface area contributed by atoms with Crippen molar-refractivity contribution < 1.29 is 13.2 Å². The highest BCUT2D eigenvalue weighted by Gasteiger charge is 2.72. The van der Waals surface area contributed by atoms with Crippen molar-refractivity contribution in [3.05, 3.63) is 11.6 Å². The van der Waals surface area contributed by atoms with E-state index >= 15 is 0 Å². The standard InChI is InChI=1S/C15H20BrF3/c1-10-2-4-11(5-3-10)13-6-8-14(16,9-7-13)12(17)15(13,18)19/h2,11-12H,3-9H2,1H3. The second-order valence-corrected chi connectivity index (χ2v) is 8.28. The summed E-state index contributed by atoms with van der Waals surface area (Å²) in [5.74, 6) is -3.24. The van der Waals surface area contributed by atoms with E-state index in [9.17, 15) is 13.2 Å². The summed E-state index contributed by atoms with van der Waals surface area (Å²) in [7, 11) is 0. The van der Waals surface area contributed by atoms with E-state index in [4.69, 9.17) is 0 Å². The van der Waals surface area contributed by atoms with Crippen molar-refractivity contribution in [2.75, 3.05) is 0 Å². The van der Waals surface area contributed by atoms with E-state index in [1.165, 1.54) is 5.57 Å². The van der Waals surface area contributed by atoms with Crippen molar-refractivity contribution >= 4 is 15.9 Å². The third kappa shape index (κ3) is 1.77. The van der Waals surface area contributed by atoms with Gasteiger partial charge in [0.05, 0.1) is 4.32 Å². The molecule has 0 spiro atoms. The first kappa shape index (κ1) is 14.0. The molecule has 4 heteroatoms. The number of fused-ring (bicyclic) bond motifs is 3. The molecule has 0 radical (unpaired) electrons. The number of rotatable bonds is 1. The summed E-state index contributed by atoms with van der Waals surface area (Å²) in [5.41, 5.74) is 0.188. The molecule has 19 heavy (non-hydrogen) atoms. The second kappa shape index (κ2) is 4.25. The molecule has 3 fully saturated rings. The molecule has 0 saturated heterocycles. The molecule has 2 bridgehead atoms. The van der Waals surface area contributed by atoms with Crippen LogP contribution in [0, 0.1) is 11.3 Å². The highest BCUT2D eigenvalue weighted by molar-refractivity contribution is 9.10. The van der Waals surface area contributed by atoms with Crippen LogP contribution in [0.15, 0.2) is 11.6 Å². The third-order valence-corrected chi connectivity index (χ3v) is 7.02. The van der Waals surface area contributed by atoms with Crippen molar-refractivity contribution in [3.63, 3.8) is 0 Å². The van der Waals surface area contributed by atoms with E-state index in [0.29, 0.717) is 32.1 Å². The maximum atomic E-state index is 14.6. The predicted molar refractivity (Wildman–Crippen MR) is 73.5 cm³/mol. The maximum absolute atomic E-state index is 14.6. The molecule has 2 unspecified atom stereocenters. The number of allylic oxidation sites excluding steroid dienone is 2. The average molecular weight is 337 g/mol. The Balaban J connectivity index is 1.95. The summed E-state index contributed by atoms with van der Waals surface area (Å²) >= 11 is 3.26. The minimum Gasteiger partial charge on any atom is -0.239 e. The largest absolute Gasteiger partial charge is 0.285 e. The van der Waals surface area contributed by atoms with E-state index in [2.05, 4.69) is 28.9 Å². The predicted octanol–water partition coefficient (Wildman–Crippen LogP) is 5.41. The Labute approximate surface area is 121 Å². The van der Waals surface area contributed by atoms with Crippen LogP contribution in [-0.4, -0.2) is 16.4 Å². The lowest BCUT2D eigenvalue weighted by atomic mass is 9.51. The van der Waals surface area contributed by atoms with Gasteiger partial charge in [-0.25, -0.2) is 13.2 Å². The first-order valence-electron chi connectivity index (χ1n) is 7.18. The van der Waals surface area contributed by atoms with Crippen molar-refractivity contribution in [3.8, 4) is 0 Å². The van der Waals surface area contributed by atoms with Crippen molar-refractivity contribution in [1.29, 1.82) is 0 Å². The molecular weight excluding hydrogens is 317 g/mol. The maximum Gasteiger partial charge on any atom is 0.285 e. The molecule has 0 nitrogen and oxygen atoms in total. The van der Waals surface area contributed by atoms with Crippen molar-refractivity contribution in [1.82, 2.24) is 0 Å². The first-order chi connectivity index (χ1) is 8.82. The Morgan fingerprint density at radius 1 is 1.21 bits per heavy atom. The SMILES string of the molecule is CC1=CCC(C23CCC(Br)(CC2)C(F)C3(F)F)CC1. The fourth-order valence-corrected chi connectivity index (χ4v) is 5.11. The van der Waals surface area contributed by atoms with Crippen LogP contribution in [0.25, 0.3) is 0 Å². The van der Waals surface area contributed by atoms with Gasteiger partial charge in [0.2, 0.25) is 0 Å². The van der Waals surface area contributed by atoms with Gasteiger partial charge < -0.3 is 0 Å². The molecule has 0 N–H and O–H groups in total. The van der Waals surface area contributed by atoms with E-state index in [0.717, 1.165) is 12.8 Å². The van der Waals surface area contributed by atoms with Crippen molar-refractivity contribution in [2.45, 2.75) is 68.3 Å². The molecule has 0 amide bonds. The molecule has 108 valence electrons. The van der Waals surface area contributed by atoms with Crippen LogP contribution in [-0.2, 0) is 0 Å². The van der Waals surface area contributed by atoms with Gasteiger partial charge in [0.15, 0.2) is 6.17 Å². The summed E-state index contributed by atoms with van der Waals surface area (Å²) in [6, 6.07) is 0. The molecule has 0 aromatic rings. The smallest absolute Gasteiger partial charge is 0.239 e. The second-order valence-electron chi connectivity index (χ2n) is 6.70. The Kier molecular flexibility index (Phi) is 3.13. The fourth-order valence-electron chi connectivity index (χ4n) is 4.42. The zero-order chi connectivity index (χ0) is 13.9. The van der Waals surface area contributed by atoms with Crippen molar-refractivity contribution in [2.24, 2.45) is 11.3 Å². The van der Waals surface area contributed by atoms with Gasteiger partial charge in [0, 0.05) is 5.41 Å².